The van der Waals surface area contributed by atoms with Crippen LogP contribution in [0.4, 0.5) is 0 Å². The van der Waals surface area contributed by atoms with Gasteiger partial charge < -0.3 is 5.73 Å². The molecule has 1 heterocycles. The molecule has 1 aliphatic rings. The van der Waals surface area contributed by atoms with Gasteiger partial charge in [0.1, 0.15) is 0 Å². The zero-order valence-corrected chi connectivity index (χ0v) is 10.1. The first-order valence-corrected chi connectivity index (χ1v) is 6.27. The normalized spacial score (nSPS) is 26.1. The van der Waals surface area contributed by atoms with E-state index < -0.39 is 0 Å². The Balaban J connectivity index is 1.91. The Morgan fingerprint density at radius 1 is 1.31 bits per heavy atom. The van der Waals surface area contributed by atoms with Crippen molar-refractivity contribution < 1.29 is 0 Å². The Kier molecular flexibility index (Phi) is 3.97. The van der Waals surface area contributed by atoms with Gasteiger partial charge in [0.05, 0.1) is 0 Å². The zero-order valence-electron chi connectivity index (χ0n) is 10.1. The molecule has 1 aliphatic heterocycles. The van der Waals surface area contributed by atoms with E-state index in [2.05, 4.69) is 42.2 Å². The van der Waals surface area contributed by atoms with Crippen molar-refractivity contribution in [3.63, 3.8) is 0 Å². The number of benzene rings is 1. The van der Waals surface area contributed by atoms with Crippen molar-refractivity contribution in [2.45, 2.75) is 32.4 Å². The molecule has 1 aromatic carbocycles. The van der Waals surface area contributed by atoms with Crippen LogP contribution in [0.25, 0.3) is 0 Å². The summed E-state index contributed by atoms with van der Waals surface area (Å²) in [6.07, 6.45) is 2.49. The molecule has 16 heavy (non-hydrogen) atoms. The summed E-state index contributed by atoms with van der Waals surface area (Å²) in [5.74, 6) is 0.809. The minimum atomic E-state index is 0.705. The predicted molar refractivity (Wildman–Crippen MR) is 68.1 cm³/mol. The lowest BCUT2D eigenvalue weighted by Crippen LogP contribution is -2.26. The fourth-order valence-corrected chi connectivity index (χ4v) is 2.70. The average Bonchev–Trinajstić information content (AvgIpc) is 2.61. The molecule has 0 aliphatic carbocycles. The third-order valence-electron chi connectivity index (χ3n) is 3.59. The summed E-state index contributed by atoms with van der Waals surface area (Å²) in [5, 5.41) is 0. The van der Waals surface area contributed by atoms with Crippen molar-refractivity contribution >= 4 is 0 Å². The van der Waals surface area contributed by atoms with Crippen molar-refractivity contribution in [1.29, 1.82) is 0 Å². The Labute approximate surface area is 98.4 Å². The molecule has 2 N–H and O–H groups in total. The van der Waals surface area contributed by atoms with Crippen molar-refractivity contribution in [3.8, 4) is 0 Å². The van der Waals surface area contributed by atoms with Crippen LogP contribution < -0.4 is 5.73 Å². The van der Waals surface area contributed by atoms with Gasteiger partial charge in [-0.15, -0.1) is 0 Å². The third-order valence-corrected chi connectivity index (χ3v) is 3.59. The molecule has 0 radical (unpaired) electrons. The maximum atomic E-state index is 5.63. The van der Waals surface area contributed by atoms with Crippen LogP contribution >= 0.6 is 0 Å². The van der Waals surface area contributed by atoms with Crippen LogP contribution in [0.5, 0.6) is 0 Å². The Morgan fingerprint density at radius 3 is 2.75 bits per heavy atom. The van der Waals surface area contributed by atoms with Crippen LogP contribution in [0.15, 0.2) is 30.3 Å². The topological polar surface area (TPSA) is 29.3 Å². The van der Waals surface area contributed by atoms with Crippen LogP contribution in [0.1, 0.15) is 25.3 Å². The number of hydrogen-bond acceptors (Lipinski definition) is 2. The summed E-state index contributed by atoms with van der Waals surface area (Å²) >= 11 is 0. The van der Waals surface area contributed by atoms with Crippen LogP contribution in [0, 0.1) is 5.92 Å². The highest BCUT2D eigenvalue weighted by Crippen LogP contribution is 2.26. The van der Waals surface area contributed by atoms with Gasteiger partial charge in [-0.05, 0) is 37.8 Å². The molecule has 0 aromatic heterocycles. The average molecular weight is 218 g/mol. The highest BCUT2D eigenvalue weighted by Gasteiger charge is 2.27. The number of likely N-dealkylation sites (tertiary alicyclic amines) is 1. The van der Waals surface area contributed by atoms with Gasteiger partial charge in [0.25, 0.3) is 0 Å². The van der Waals surface area contributed by atoms with Crippen LogP contribution in [0.3, 0.4) is 0 Å². The van der Waals surface area contributed by atoms with Gasteiger partial charge >= 0.3 is 0 Å². The molecule has 2 heteroatoms. The second-order valence-electron chi connectivity index (χ2n) is 4.94. The van der Waals surface area contributed by atoms with Crippen LogP contribution in [0.2, 0.25) is 0 Å². The van der Waals surface area contributed by atoms with E-state index in [1.54, 1.807) is 0 Å². The SMILES string of the molecule is C[C@H]1C[C@H](CCN)CN1Cc1ccccc1. The summed E-state index contributed by atoms with van der Waals surface area (Å²) in [6, 6.07) is 11.4. The molecule has 0 saturated carbocycles. The minimum Gasteiger partial charge on any atom is -0.330 e. The van der Waals surface area contributed by atoms with Gasteiger partial charge in [-0.2, -0.15) is 0 Å². The third kappa shape index (κ3) is 2.83. The van der Waals surface area contributed by atoms with Crippen LogP contribution in [-0.4, -0.2) is 24.0 Å². The molecule has 0 unspecified atom stereocenters. The highest BCUT2D eigenvalue weighted by molar-refractivity contribution is 5.14. The predicted octanol–water partition coefficient (Wildman–Crippen LogP) is 2.25. The first-order chi connectivity index (χ1) is 7.79. The summed E-state index contributed by atoms with van der Waals surface area (Å²) in [4.78, 5) is 2.58. The first kappa shape index (κ1) is 11.6. The summed E-state index contributed by atoms with van der Waals surface area (Å²) < 4.78 is 0. The van der Waals surface area contributed by atoms with Crippen LogP contribution in [-0.2, 0) is 6.54 Å². The molecular formula is C14H22N2. The highest BCUT2D eigenvalue weighted by atomic mass is 15.2. The minimum absolute atomic E-state index is 0.705. The standard InChI is InChI=1S/C14H22N2/c1-12-9-14(7-8-15)11-16(12)10-13-5-3-2-4-6-13/h2-6,12,14H,7-11,15H2,1H3/t12-,14-/m0/s1. The lowest BCUT2D eigenvalue weighted by molar-refractivity contribution is 0.255. The van der Waals surface area contributed by atoms with E-state index in [1.807, 2.05) is 0 Å². The number of hydrogen-bond donors (Lipinski definition) is 1. The van der Waals surface area contributed by atoms with Crippen molar-refractivity contribution in [3.05, 3.63) is 35.9 Å². The van der Waals surface area contributed by atoms with E-state index in [4.69, 9.17) is 5.73 Å². The first-order valence-electron chi connectivity index (χ1n) is 6.27. The van der Waals surface area contributed by atoms with Gasteiger partial charge in [-0.25, -0.2) is 0 Å². The Morgan fingerprint density at radius 2 is 2.06 bits per heavy atom. The summed E-state index contributed by atoms with van der Waals surface area (Å²) in [6.45, 7) is 5.46. The van der Waals surface area contributed by atoms with E-state index in [-0.39, 0.29) is 0 Å². The molecule has 1 aromatic rings. The van der Waals surface area contributed by atoms with E-state index >= 15 is 0 Å². The summed E-state index contributed by atoms with van der Waals surface area (Å²) in [5.41, 5.74) is 7.05. The van der Waals surface area contributed by atoms with E-state index in [0.717, 1.165) is 19.0 Å². The lowest BCUT2D eigenvalue weighted by Gasteiger charge is -2.20. The Bertz CT molecular complexity index is 310. The molecule has 1 fully saturated rings. The second kappa shape index (κ2) is 5.46. The lowest BCUT2D eigenvalue weighted by atomic mass is 10.0. The van der Waals surface area contributed by atoms with Crippen molar-refractivity contribution in [2.75, 3.05) is 13.1 Å². The van der Waals surface area contributed by atoms with Gasteiger partial charge in [-0.3, -0.25) is 4.90 Å². The number of nitrogens with two attached hydrogens (primary N) is 1. The van der Waals surface area contributed by atoms with Crippen molar-refractivity contribution in [1.82, 2.24) is 4.90 Å². The van der Waals surface area contributed by atoms with E-state index in [1.165, 1.54) is 24.9 Å². The molecular weight excluding hydrogens is 196 g/mol. The van der Waals surface area contributed by atoms with Gasteiger partial charge in [-0.1, -0.05) is 30.3 Å². The maximum Gasteiger partial charge on any atom is 0.0236 e. The molecule has 1 saturated heterocycles. The quantitative estimate of drug-likeness (QED) is 0.840. The fraction of sp³-hybridized carbons (Fsp3) is 0.571. The number of rotatable bonds is 4. The Hall–Kier alpha value is -0.860. The van der Waals surface area contributed by atoms with E-state index in [9.17, 15) is 0 Å². The molecule has 2 nitrogen and oxygen atoms in total. The van der Waals surface area contributed by atoms with Gasteiger partial charge in [0.2, 0.25) is 0 Å². The molecule has 2 rings (SSSR count). The smallest absolute Gasteiger partial charge is 0.0236 e. The monoisotopic (exact) mass is 218 g/mol. The molecule has 2 atom stereocenters. The zero-order chi connectivity index (χ0) is 11.4. The van der Waals surface area contributed by atoms with Gasteiger partial charge in [0.15, 0.2) is 0 Å². The summed E-state index contributed by atoms with van der Waals surface area (Å²) in [7, 11) is 0. The van der Waals surface area contributed by atoms with E-state index in [0.29, 0.717) is 6.04 Å². The fourth-order valence-electron chi connectivity index (χ4n) is 2.70. The van der Waals surface area contributed by atoms with Crippen molar-refractivity contribution in [2.24, 2.45) is 11.7 Å². The number of nitrogens with zero attached hydrogens (tertiary/aromatic N) is 1. The molecule has 0 amide bonds. The molecule has 0 bridgehead atoms. The largest absolute Gasteiger partial charge is 0.330 e. The molecule has 0 spiro atoms. The maximum absolute atomic E-state index is 5.63. The second-order valence-corrected chi connectivity index (χ2v) is 4.94. The molecule has 88 valence electrons. The van der Waals surface area contributed by atoms with Gasteiger partial charge in [0, 0.05) is 19.1 Å².